The quantitative estimate of drug-likeness (QED) is 0.640. The predicted octanol–water partition coefficient (Wildman–Crippen LogP) is 0.771. The maximum atomic E-state index is 11.2. The zero-order valence-electron chi connectivity index (χ0n) is 4.03. The molecule has 0 aliphatic carbocycles. The van der Waals surface area contributed by atoms with Gasteiger partial charge in [-0.3, -0.25) is 0 Å². The molecule has 0 N–H and O–H groups in total. The van der Waals surface area contributed by atoms with Crippen LogP contribution in [0.25, 0.3) is 0 Å². The fraction of sp³-hybridized carbons (Fsp3) is 1.00. The zero-order chi connectivity index (χ0) is 6.62. The van der Waals surface area contributed by atoms with E-state index in [9.17, 15) is 13.2 Å². The molecule has 48 valence electrons. The number of hydrogen-bond acceptors (Lipinski definition) is 1. The van der Waals surface area contributed by atoms with Gasteiger partial charge in [0.25, 0.3) is 0 Å². The minimum absolute atomic E-state index is 0.189. The Hall–Kier alpha value is 0.549. The fourth-order valence-electron chi connectivity index (χ4n) is 0.175. The Morgan fingerprint density at radius 1 is 1.38 bits per heavy atom. The Morgan fingerprint density at radius 3 is 2.00 bits per heavy atom. The molecule has 0 amide bonds. The third-order valence-corrected chi connectivity index (χ3v) is 1.18. The third-order valence-electron chi connectivity index (χ3n) is 0.503. The molecule has 0 heterocycles. The summed E-state index contributed by atoms with van der Waals surface area (Å²) in [4.78, 5) is 0. The number of rotatable bonds is 2. The van der Waals surface area contributed by atoms with Crippen LogP contribution < -0.4 is 0 Å². The van der Waals surface area contributed by atoms with Crippen molar-refractivity contribution in [3.8, 4) is 0 Å². The topological polar surface area (TPSA) is 9.23 Å². The van der Waals surface area contributed by atoms with Crippen molar-refractivity contribution in [3.63, 3.8) is 0 Å². The molecule has 0 unspecified atom stereocenters. The third kappa shape index (κ3) is 6.55. The van der Waals surface area contributed by atoms with Crippen molar-refractivity contribution < 1.29 is 16.2 Å². The molecule has 0 saturated heterocycles. The van der Waals surface area contributed by atoms with E-state index >= 15 is 0 Å². The Balaban J connectivity index is 3.11. The van der Waals surface area contributed by atoms with Crippen molar-refractivity contribution in [1.29, 1.82) is 0 Å². The average molecular weight is 233 g/mol. The van der Waals surface area contributed by atoms with Gasteiger partial charge in [-0.25, -0.2) is 0 Å². The first kappa shape index (κ1) is 8.55. The second-order valence-electron chi connectivity index (χ2n) is 1.24. The van der Waals surface area contributed by atoms with Crippen LogP contribution in [-0.2, 0) is 3.07 Å². The minimum atomic E-state index is -4.05. The maximum absolute atomic E-state index is 11.2. The van der Waals surface area contributed by atoms with E-state index in [4.69, 9.17) is 0 Å². The van der Waals surface area contributed by atoms with Crippen LogP contribution in [0.1, 0.15) is 6.42 Å². The van der Waals surface area contributed by atoms with Gasteiger partial charge < -0.3 is 0 Å². The summed E-state index contributed by atoms with van der Waals surface area (Å²) in [6.07, 6.45) is -4.88. The Bertz CT molecular complexity index is 62.0. The summed E-state index contributed by atoms with van der Waals surface area (Å²) >= 11 is 0.437. The predicted molar refractivity (Wildman–Crippen MR) is 23.8 cm³/mol. The van der Waals surface area contributed by atoms with Crippen LogP contribution in [0.5, 0.6) is 0 Å². The van der Waals surface area contributed by atoms with Gasteiger partial charge in [-0.1, -0.05) is 0 Å². The van der Waals surface area contributed by atoms with Crippen LogP contribution in [-0.4, -0.2) is 35.7 Å². The summed E-state index contributed by atoms with van der Waals surface area (Å²) in [5.74, 6) is 0. The van der Waals surface area contributed by atoms with Crippen LogP contribution in [0, 0.1) is 0 Å². The molecule has 5 heteroatoms. The molecule has 0 aromatic rings. The SMILES string of the molecule is FC(F)(F)CC[O][SnH]. The van der Waals surface area contributed by atoms with Gasteiger partial charge in [0.1, 0.15) is 0 Å². The van der Waals surface area contributed by atoms with Crippen LogP contribution >= 0.6 is 0 Å². The van der Waals surface area contributed by atoms with Gasteiger partial charge >= 0.3 is 58.4 Å². The summed E-state index contributed by atoms with van der Waals surface area (Å²) in [5, 5.41) is 0. The van der Waals surface area contributed by atoms with E-state index in [-0.39, 0.29) is 6.61 Å². The van der Waals surface area contributed by atoms with Gasteiger partial charge in [-0.15, -0.1) is 0 Å². The number of hydrogen-bond donors (Lipinski definition) is 0. The first-order valence-corrected chi connectivity index (χ1v) is 3.29. The van der Waals surface area contributed by atoms with E-state index in [2.05, 4.69) is 3.07 Å². The Kier molecular flexibility index (Phi) is 3.79. The Morgan fingerprint density at radius 2 is 1.88 bits per heavy atom. The van der Waals surface area contributed by atoms with Crippen LogP contribution in [0.2, 0.25) is 0 Å². The normalized spacial score (nSPS) is 12.0. The van der Waals surface area contributed by atoms with Crippen molar-refractivity contribution in [2.75, 3.05) is 6.61 Å². The molecule has 0 rings (SSSR count). The van der Waals surface area contributed by atoms with Crippen LogP contribution in [0.15, 0.2) is 0 Å². The first-order valence-electron chi connectivity index (χ1n) is 1.94. The van der Waals surface area contributed by atoms with Gasteiger partial charge in [0.05, 0.1) is 0 Å². The first-order chi connectivity index (χ1) is 3.56. The summed E-state index contributed by atoms with van der Waals surface area (Å²) in [6.45, 7) is -0.189. The van der Waals surface area contributed by atoms with E-state index in [0.29, 0.717) is 22.9 Å². The second-order valence-corrected chi connectivity index (χ2v) is 2.19. The monoisotopic (exact) mass is 234 g/mol. The average Bonchev–Trinajstić information content (AvgIpc) is 1.59. The molecule has 0 saturated carbocycles. The Labute approximate surface area is 58.8 Å². The van der Waals surface area contributed by atoms with Crippen molar-refractivity contribution in [1.82, 2.24) is 0 Å². The van der Waals surface area contributed by atoms with E-state index in [1.165, 1.54) is 0 Å². The molecular formula is C3H5F3OSn. The molecule has 0 bridgehead atoms. The summed E-state index contributed by atoms with van der Waals surface area (Å²) in [7, 11) is 0. The molecule has 8 heavy (non-hydrogen) atoms. The van der Waals surface area contributed by atoms with Gasteiger partial charge in [-0.05, 0) is 0 Å². The van der Waals surface area contributed by atoms with Gasteiger partial charge in [0, 0.05) is 0 Å². The molecular weight excluding hydrogens is 228 g/mol. The number of alkyl halides is 3. The van der Waals surface area contributed by atoms with Crippen molar-refractivity contribution in [2.45, 2.75) is 12.6 Å². The van der Waals surface area contributed by atoms with E-state index < -0.39 is 12.6 Å². The van der Waals surface area contributed by atoms with E-state index in [1.807, 2.05) is 0 Å². The van der Waals surface area contributed by atoms with Crippen molar-refractivity contribution in [3.05, 3.63) is 0 Å². The van der Waals surface area contributed by atoms with Crippen molar-refractivity contribution >= 4 is 22.9 Å². The van der Waals surface area contributed by atoms with Gasteiger partial charge in [0.2, 0.25) is 0 Å². The summed E-state index contributed by atoms with van der Waals surface area (Å²) in [6, 6.07) is 0. The molecule has 0 spiro atoms. The molecule has 0 atom stereocenters. The summed E-state index contributed by atoms with van der Waals surface area (Å²) < 4.78 is 37.9. The van der Waals surface area contributed by atoms with E-state index in [1.54, 1.807) is 0 Å². The summed E-state index contributed by atoms with van der Waals surface area (Å²) in [5.41, 5.74) is 0. The molecule has 0 fully saturated rings. The van der Waals surface area contributed by atoms with E-state index in [0.717, 1.165) is 0 Å². The van der Waals surface area contributed by atoms with Crippen LogP contribution in [0.4, 0.5) is 13.2 Å². The molecule has 0 aromatic heterocycles. The second kappa shape index (κ2) is 3.55. The molecule has 0 aliphatic heterocycles. The van der Waals surface area contributed by atoms with Crippen molar-refractivity contribution in [2.24, 2.45) is 0 Å². The standard InChI is InChI=1S/C3H4F3O.Sn.H/c4-3(5,6)1-2-7;;/h1-2H2;;/q-1;+1;. The van der Waals surface area contributed by atoms with Crippen LogP contribution in [0.3, 0.4) is 0 Å². The number of halogens is 3. The molecule has 0 aromatic carbocycles. The van der Waals surface area contributed by atoms with Gasteiger partial charge in [-0.2, -0.15) is 0 Å². The molecule has 2 radical (unpaired) electrons. The van der Waals surface area contributed by atoms with Gasteiger partial charge in [0.15, 0.2) is 0 Å². The fourth-order valence-corrected chi connectivity index (χ4v) is 0.511. The molecule has 1 nitrogen and oxygen atoms in total. The molecule has 0 aliphatic rings. The zero-order valence-corrected chi connectivity index (χ0v) is 7.33.